The Bertz CT molecular complexity index is 545. The van der Waals surface area contributed by atoms with Crippen LogP contribution < -0.4 is 15.4 Å². The molecular formula is C17H26F3N3OS. The second-order valence-corrected chi connectivity index (χ2v) is 7.57. The molecule has 0 atom stereocenters. The zero-order valence-corrected chi connectivity index (χ0v) is 15.9. The Morgan fingerprint density at radius 3 is 2.32 bits per heavy atom. The minimum absolute atomic E-state index is 0.0909. The van der Waals surface area contributed by atoms with Gasteiger partial charge in [0.05, 0.1) is 6.54 Å². The van der Waals surface area contributed by atoms with Crippen molar-refractivity contribution in [3.8, 4) is 5.75 Å². The summed E-state index contributed by atoms with van der Waals surface area (Å²) in [6, 6.07) is 6.47. The molecule has 0 spiro atoms. The Morgan fingerprint density at radius 1 is 1.16 bits per heavy atom. The van der Waals surface area contributed by atoms with Crippen molar-refractivity contribution in [1.82, 2.24) is 10.6 Å². The molecule has 4 nitrogen and oxygen atoms in total. The molecule has 0 amide bonds. The molecule has 1 rings (SSSR count). The third-order valence-corrected chi connectivity index (χ3v) is 4.57. The predicted molar refractivity (Wildman–Crippen MR) is 98.4 cm³/mol. The topological polar surface area (TPSA) is 45.7 Å². The molecule has 0 saturated carbocycles. The highest BCUT2D eigenvalue weighted by Crippen LogP contribution is 2.20. The van der Waals surface area contributed by atoms with E-state index in [-0.39, 0.29) is 10.5 Å². The quantitative estimate of drug-likeness (QED) is 0.534. The fourth-order valence-corrected chi connectivity index (χ4v) is 1.95. The number of hydrogen-bond acceptors (Lipinski definition) is 3. The van der Waals surface area contributed by atoms with Crippen molar-refractivity contribution in [2.75, 3.05) is 26.0 Å². The summed E-state index contributed by atoms with van der Waals surface area (Å²) in [7, 11) is 0. The van der Waals surface area contributed by atoms with Crippen molar-refractivity contribution in [3.63, 3.8) is 0 Å². The Hall–Kier alpha value is -1.57. The van der Waals surface area contributed by atoms with E-state index in [9.17, 15) is 13.2 Å². The molecule has 0 heterocycles. The third-order valence-electron chi connectivity index (χ3n) is 3.32. The first-order chi connectivity index (χ1) is 11.6. The van der Waals surface area contributed by atoms with Crippen LogP contribution in [0.1, 0.15) is 26.3 Å². The number of alkyl halides is 3. The van der Waals surface area contributed by atoms with Gasteiger partial charge in [0.2, 0.25) is 0 Å². The van der Waals surface area contributed by atoms with Gasteiger partial charge in [0.15, 0.2) is 12.6 Å². The molecule has 0 saturated heterocycles. The Kier molecular flexibility index (Phi) is 8.41. The van der Waals surface area contributed by atoms with Gasteiger partial charge >= 0.3 is 6.18 Å². The van der Waals surface area contributed by atoms with Crippen LogP contribution in [0.3, 0.4) is 0 Å². The van der Waals surface area contributed by atoms with Crippen LogP contribution in [-0.2, 0) is 6.54 Å². The molecule has 0 aliphatic carbocycles. The van der Waals surface area contributed by atoms with Crippen LogP contribution in [0, 0.1) is 0 Å². The number of halogens is 3. The summed E-state index contributed by atoms with van der Waals surface area (Å²) in [5.74, 6) is 0.902. The summed E-state index contributed by atoms with van der Waals surface area (Å²) in [4.78, 5) is 4.50. The lowest BCUT2D eigenvalue weighted by molar-refractivity contribution is -0.153. The molecule has 142 valence electrons. The van der Waals surface area contributed by atoms with Crippen LogP contribution >= 0.6 is 11.8 Å². The Labute approximate surface area is 151 Å². The second-order valence-electron chi connectivity index (χ2n) is 6.06. The zero-order valence-electron chi connectivity index (χ0n) is 15.0. The number of thioether (sulfide) groups is 1. The molecule has 8 heteroatoms. The number of nitrogens with one attached hydrogen (secondary N) is 2. The zero-order chi connectivity index (χ0) is 18.9. The van der Waals surface area contributed by atoms with Gasteiger partial charge in [-0.25, -0.2) is 4.99 Å². The molecule has 0 fully saturated rings. The maximum Gasteiger partial charge on any atom is 0.422 e. The van der Waals surface area contributed by atoms with E-state index in [0.717, 1.165) is 18.7 Å². The lowest BCUT2D eigenvalue weighted by atomic mass is 10.2. The molecule has 0 aromatic heterocycles. The molecule has 1 aromatic rings. The van der Waals surface area contributed by atoms with Crippen molar-refractivity contribution in [3.05, 3.63) is 29.8 Å². The van der Waals surface area contributed by atoms with Crippen LogP contribution in [-0.4, -0.2) is 42.8 Å². The van der Waals surface area contributed by atoms with E-state index in [4.69, 9.17) is 4.74 Å². The van der Waals surface area contributed by atoms with E-state index < -0.39 is 12.8 Å². The van der Waals surface area contributed by atoms with E-state index in [0.29, 0.717) is 12.5 Å². The number of hydrogen-bond donors (Lipinski definition) is 2. The smallest absolute Gasteiger partial charge is 0.422 e. The highest BCUT2D eigenvalue weighted by Gasteiger charge is 2.28. The van der Waals surface area contributed by atoms with Crippen molar-refractivity contribution in [2.24, 2.45) is 4.99 Å². The Balaban J connectivity index is 2.60. The molecule has 0 unspecified atom stereocenters. The molecular weight excluding hydrogens is 351 g/mol. The minimum atomic E-state index is -4.33. The van der Waals surface area contributed by atoms with Crippen LogP contribution in [0.4, 0.5) is 13.2 Å². The SMILES string of the molecule is CCNC(=NCc1ccc(OCC(F)(F)F)cc1)NCC(C)(C)SC. The van der Waals surface area contributed by atoms with Crippen LogP contribution in [0.25, 0.3) is 0 Å². The maximum atomic E-state index is 12.1. The average molecular weight is 377 g/mol. The summed E-state index contributed by atoms with van der Waals surface area (Å²) in [6.45, 7) is 6.93. The van der Waals surface area contributed by atoms with Gasteiger partial charge in [-0.05, 0) is 44.7 Å². The standard InChI is InChI=1S/C17H26F3N3OS/c1-5-21-15(23-11-16(2,3)25-4)22-10-13-6-8-14(9-7-13)24-12-17(18,19)20/h6-9H,5,10-12H2,1-4H3,(H2,21,22,23). The number of ether oxygens (including phenoxy) is 1. The van der Waals surface area contributed by atoms with Crippen molar-refractivity contribution in [1.29, 1.82) is 0 Å². The van der Waals surface area contributed by atoms with Gasteiger partial charge in [0.25, 0.3) is 0 Å². The first-order valence-corrected chi connectivity index (χ1v) is 9.23. The number of guanidine groups is 1. The van der Waals surface area contributed by atoms with Crippen LogP contribution in [0.2, 0.25) is 0 Å². The van der Waals surface area contributed by atoms with Gasteiger partial charge in [-0.3, -0.25) is 0 Å². The monoisotopic (exact) mass is 377 g/mol. The third kappa shape index (κ3) is 9.48. The van der Waals surface area contributed by atoms with Crippen molar-refractivity contribution >= 4 is 17.7 Å². The van der Waals surface area contributed by atoms with E-state index in [1.165, 1.54) is 12.1 Å². The minimum Gasteiger partial charge on any atom is -0.484 e. The van der Waals surface area contributed by atoms with Crippen molar-refractivity contribution < 1.29 is 17.9 Å². The second kappa shape index (κ2) is 9.79. The predicted octanol–water partition coefficient (Wildman–Crippen LogP) is 3.82. The summed E-state index contributed by atoms with van der Waals surface area (Å²) in [6.07, 6.45) is -2.27. The highest BCUT2D eigenvalue weighted by atomic mass is 32.2. The molecule has 0 bridgehead atoms. The highest BCUT2D eigenvalue weighted by molar-refractivity contribution is 7.99. The van der Waals surface area contributed by atoms with Crippen molar-refractivity contribution in [2.45, 2.75) is 38.2 Å². The van der Waals surface area contributed by atoms with Gasteiger partial charge in [0, 0.05) is 17.8 Å². The number of benzene rings is 1. The van der Waals surface area contributed by atoms with E-state index in [2.05, 4.69) is 35.7 Å². The summed E-state index contributed by atoms with van der Waals surface area (Å²) in [5, 5.41) is 6.48. The van der Waals surface area contributed by atoms with E-state index >= 15 is 0 Å². The summed E-state index contributed by atoms with van der Waals surface area (Å²) in [5.41, 5.74) is 0.890. The summed E-state index contributed by atoms with van der Waals surface area (Å²) < 4.78 is 41.2. The number of nitrogens with zero attached hydrogens (tertiary/aromatic N) is 1. The van der Waals surface area contributed by atoms with Gasteiger partial charge < -0.3 is 15.4 Å². The number of rotatable bonds is 8. The van der Waals surface area contributed by atoms with Crippen LogP contribution in [0.5, 0.6) is 5.75 Å². The molecule has 0 aliphatic rings. The normalized spacial score (nSPS) is 12.8. The maximum absolute atomic E-state index is 12.1. The number of aliphatic imine (C=N–C) groups is 1. The first kappa shape index (κ1) is 21.5. The first-order valence-electron chi connectivity index (χ1n) is 8.01. The van der Waals surface area contributed by atoms with Gasteiger partial charge in [-0.15, -0.1) is 0 Å². The van der Waals surface area contributed by atoms with Gasteiger partial charge in [-0.2, -0.15) is 24.9 Å². The molecule has 1 aromatic carbocycles. The van der Waals surface area contributed by atoms with Gasteiger partial charge in [-0.1, -0.05) is 12.1 Å². The largest absolute Gasteiger partial charge is 0.484 e. The molecule has 0 radical (unpaired) electrons. The van der Waals surface area contributed by atoms with E-state index in [1.807, 2.05) is 6.92 Å². The van der Waals surface area contributed by atoms with Gasteiger partial charge in [0.1, 0.15) is 5.75 Å². The fourth-order valence-electron chi connectivity index (χ4n) is 1.74. The Morgan fingerprint density at radius 2 is 1.80 bits per heavy atom. The molecule has 25 heavy (non-hydrogen) atoms. The summed E-state index contributed by atoms with van der Waals surface area (Å²) >= 11 is 1.77. The van der Waals surface area contributed by atoms with Crippen LogP contribution in [0.15, 0.2) is 29.3 Å². The van der Waals surface area contributed by atoms with E-state index in [1.54, 1.807) is 23.9 Å². The average Bonchev–Trinajstić information content (AvgIpc) is 2.56. The molecule has 2 N–H and O–H groups in total. The lowest BCUT2D eigenvalue weighted by Gasteiger charge is -2.23. The lowest BCUT2D eigenvalue weighted by Crippen LogP contribution is -2.43. The molecule has 0 aliphatic heterocycles. The fraction of sp³-hybridized carbons (Fsp3) is 0.588.